The number of anilines is 2. The fourth-order valence-electron chi connectivity index (χ4n) is 3.29. The zero-order valence-corrected chi connectivity index (χ0v) is 14.2. The molecule has 8 heteroatoms. The van der Waals surface area contributed by atoms with Crippen molar-refractivity contribution < 1.29 is 22.8 Å². The second-order valence-electron chi connectivity index (χ2n) is 6.98. The van der Waals surface area contributed by atoms with Crippen LogP contribution < -0.4 is 16.0 Å². The lowest BCUT2D eigenvalue weighted by Crippen LogP contribution is -2.39. The number of hydrogen-bond acceptors (Lipinski definition) is 2. The van der Waals surface area contributed by atoms with E-state index in [0.29, 0.717) is 24.2 Å². The van der Waals surface area contributed by atoms with Gasteiger partial charge in [-0.1, -0.05) is 12.8 Å². The van der Waals surface area contributed by atoms with Crippen LogP contribution in [-0.4, -0.2) is 24.2 Å². The van der Waals surface area contributed by atoms with Gasteiger partial charge in [0.1, 0.15) is 0 Å². The van der Waals surface area contributed by atoms with Crippen LogP contribution >= 0.6 is 0 Å². The number of carbonyl (C=O) groups is 2. The molecule has 0 heterocycles. The molecule has 0 aromatic heterocycles. The van der Waals surface area contributed by atoms with Crippen LogP contribution in [0.1, 0.15) is 38.5 Å². The van der Waals surface area contributed by atoms with E-state index in [1.807, 2.05) is 0 Å². The number of rotatable bonds is 4. The summed E-state index contributed by atoms with van der Waals surface area (Å²) in [5, 5.41) is 8.03. The zero-order valence-electron chi connectivity index (χ0n) is 14.2. The summed E-state index contributed by atoms with van der Waals surface area (Å²) in [6.45, 7) is 0. The Bertz CT molecular complexity index is 657. The molecule has 2 aliphatic carbocycles. The van der Waals surface area contributed by atoms with Gasteiger partial charge in [0, 0.05) is 23.3 Å². The molecule has 0 saturated heterocycles. The molecule has 1 aromatic carbocycles. The molecule has 3 amide bonds. The van der Waals surface area contributed by atoms with Gasteiger partial charge in [-0.3, -0.25) is 4.79 Å². The fourth-order valence-corrected chi connectivity index (χ4v) is 3.29. The monoisotopic (exact) mass is 369 g/mol. The van der Waals surface area contributed by atoms with Gasteiger partial charge in [-0.2, -0.15) is 13.2 Å². The molecule has 0 spiro atoms. The van der Waals surface area contributed by atoms with Crippen LogP contribution in [0.4, 0.5) is 29.3 Å². The highest BCUT2D eigenvalue weighted by molar-refractivity contribution is 5.94. The minimum absolute atomic E-state index is 0.000546. The second kappa shape index (κ2) is 7.55. The van der Waals surface area contributed by atoms with Gasteiger partial charge in [0.05, 0.1) is 5.92 Å². The number of urea groups is 1. The van der Waals surface area contributed by atoms with E-state index in [4.69, 9.17) is 0 Å². The van der Waals surface area contributed by atoms with E-state index < -0.39 is 23.9 Å². The maximum Gasteiger partial charge on any atom is 0.392 e. The number of alkyl halides is 3. The van der Waals surface area contributed by atoms with Crippen molar-refractivity contribution in [3.63, 3.8) is 0 Å². The second-order valence-corrected chi connectivity index (χ2v) is 6.98. The smallest absolute Gasteiger partial charge is 0.335 e. The lowest BCUT2D eigenvalue weighted by atomic mass is 9.78. The quantitative estimate of drug-likeness (QED) is 0.741. The van der Waals surface area contributed by atoms with Gasteiger partial charge < -0.3 is 16.0 Å². The molecule has 1 aromatic rings. The Hall–Kier alpha value is -2.25. The van der Waals surface area contributed by atoms with Gasteiger partial charge in [-0.15, -0.1) is 0 Å². The van der Waals surface area contributed by atoms with E-state index in [0.717, 1.165) is 12.8 Å². The molecule has 3 rings (SSSR count). The first-order chi connectivity index (χ1) is 12.3. The molecule has 0 unspecified atom stereocenters. The van der Waals surface area contributed by atoms with Crippen molar-refractivity contribution in [3.8, 4) is 0 Å². The van der Waals surface area contributed by atoms with Crippen LogP contribution in [0.15, 0.2) is 24.3 Å². The lowest BCUT2D eigenvalue weighted by molar-refractivity contribution is -0.197. The van der Waals surface area contributed by atoms with E-state index in [2.05, 4.69) is 16.0 Å². The minimum atomic E-state index is -4.36. The standard InChI is InChI=1S/C18H22F3N3O2/c19-18(20,21)15-4-2-1-3-14(15)16(25)22-11-5-7-12(8-6-11)23-17(26)24-13-9-10-13/h5-8,13-15H,1-4,9-10H2,(H,22,25)(H2,23,24,26)/t14-,15-/m1/s1. The van der Waals surface area contributed by atoms with E-state index in [-0.39, 0.29) is 24.9 Å². The summed E-state index contributed by atoms with van der Waals surface area (Å²) in [5.41, 5.74) is 0.960. The SMILES string of the molecule is O=C(Nc1ccc(NC(=O)[C@@H]2CCCC[C@H]2C(F)(F)F)cc1)NC1CC1. The zero-order chi connectivity index (χ0) is 18.7. The molecular formula is C18H22F3N3O2. The Morgan fingerprint density at radius 2 is 1.46 bits per heavy atom. The fraction of sp³-hybridized carbons (Fsp3) is 0.556. The first kappa shape index (κ1) is 18.5. The van der Waals surface area contributed by atoms with Crippen LogP contribution in [-0.2, 0) is 4.79 Å². The molecular weight excluding hydrogens is 347 g/mol. The third kappa shape index (κ3) is 4.89. The highest BCUT2D eigenvalue weighted by Crippen LogP contribution is 2.41. The molecule has 3 N–H and O–H groups in total. The van der Waals surface area contributed by atoms with Crippen LogP contribution in [0, 0.1) is 11.8 Å². The summed E-state index contributed by atoms with van der Waals surface area (Å²) in [4.78, 5) is 24.0. The van der Waals surface area contributed by atoms with E-state index in [1.165, 1.54) is 0 Å². The van der Waals surface area contributed by atoms with Crippen LogP contribution in [0.3, 0.4) is 0 Å². The van der Waals surface area contributed by atoms with Gasteiger partial charge in [-0.25, -0.2) is 4.79 Å². The summed E-state index contributed by atoms with van der Waals surface area (Å²) in [6, 6.07) is 6.28. The molecule has 142 valence electrons. The average molecular weight is 369 g/mol. The van der Waals surface area contributed by atoms with Crippen molar-refractivity contribution in [1.29, 1.82) is 0 Å². The number of benzene rings is 1. The number of carbonyl (C=O) groups excluding carboxylic acids is 2. The van der Waals surface area contributed by atoms with Gasteiger partial charge in [0.15, 0.2) is 0 Å². The number of amides is 3. The summed E-state index contributed by atoms with van der Waals surface area (Å²) in [5.74, 6) is -3.23. The average Bonchev–Trinajstić information content (AvgIpc) is 3.39. The third-order valence-corrected chi connectivity index (χ3v) is 4.85. The Balaban J connectivity index is 1.57. The van der Waals surface area contributed by atoms with Gasteiger partial charge in [0.2, 0.25) is 5.91 Å². The van der Waals surface area contributed by atoms with Crippen molar-refractivity contribution >= 4 is 23.3 Å². The Kier molecular flexibility index (Phi) is 5.38. The normalized spacial score (nSPS) is 23.2. The first-order valence-corrected chi connectivity index (χ1v) is 8.88. The maximum absolute atomic E-state index is 13.1. The predicted molar refractivity (Wildman–Crippen MR) is 91.8 cm³/mol. The molecule has 0 bridgehead atoms. The molecule has 2 fully saturated rings. The summed E-state index contributed by atoms with van der Waals surface area (Å²) in [7, 11) is 0. The lowest BCUT2D eigenvalue weighted by Gasteiger charge is -2.32. The van der Waals surface area contributed by atoms with E-state index in [9.17, 15) is 22.8 Å². The Morgan fingerprint density at radius 1 is 0.885 bits per heavy atom. The number of halogens is 3. The molecule has 26 heavy (non-hydrogen) atoms. The van der Waals surface area contributed by atoms with Crippen molar-refractivity contribution in [3.05, 3.63) is 24.3 Å². The minimum Gasteiger partial charge on any atom is -0.335 e. The first-order valence-electron chi connectivity index (χ1n) is 8.88. The Morgan fingerprint density at radius 3 is 2.04 bits per heavy atom. The van der Waals surface area contributed by atoms with E-state index in [1.54, 1.807) is 24.3 Å². The molecule has 0 aliphatic heterocycles. The number of nitrogens with one attached hydrogen (secondary N) is 3. The van der Waals surface area contributed by atoms with Crippen LogP contribution in [0.2, 0.25) is 0 Å². The van der Waals surface area contributed by atoms with Gasteiger partial charge in [-0.05, 0) is 49.9 Å². The van der Waals surface area contributed by atoms with Crippen molar-refractivity contribution in [2.45, 2.75) is 50.7 Å². The van der Waals surface area contributed by atoms with Gasteiger partial charge in [0.25, 0.3) is 0 Å². The summed E-state index contributed by atoms with van der Waals surface area (Å²) >= 11 is 0. The highest BCUT2D eigenvalue weighted by atomic mass is 19.4. The third-order valence-electron chi connectivity index (χ3n) is 4.85. The van der Waals surface area contributed by atoms with E-state index >= 15 is 0 Å². The molecule has 2 atom stereocenters. The maximum atomic E-state index is 13.1. The summed E-state index contributed by atoms with van der Waals surface area (Å²) in [6.07, 6.45) is -1.01. The molecule has 0 radical (unpaired) electrons. The topological polar surface area (TPSA) is 70.2 Å². The molecule has 5 nitrogen and oxygen atoms in total. The predicted octanol–water partition coefficient (Wildman–Crippen LogP) is 4.28. The van der Waals surface area contributed by atoms with Gasteiger partial charge >= 0.3 is 12.2 Å². The van der Waals surface area contributed by atoms with Crippen molar-refractivity contribution in [2.24, 2.45) is 11.8 Å². The molecule has 2 saturated carbocycles. The van der Waals surface area contributed by atoms with Crippen LogP contribution in [0.25, 0.3) is 0 Å². The summed E-state index contributed by atoms with van der Waals surface area (Å²) < 4.78 is 39.4. The van der Waals surface area contributed by atoms with Crippen molar-refractivity contribution in [1.82, 2.24) is 5.32 Å². The Labute approximate surface area is 149 Å². The van der Waals surface area contributed by atoms with Crippen LogP contribution in [0.5, 0.6) is 0 Å². The highest BCUT2D eigenvalue weighted by Gasteiger charge is 2.48. The number of hydrogen-bond donors (Lipinski definition) is 3. The molecule has 2 aliphatic rings. The largest absolute Gasteiger partial charge is 0.392 e. The van der Waals surface area contributed by atoms with Crippen molar-refractivity contribution in [2.75, 3.05) is 10.6 Å².